The van der Waals surface area contributed by atoms with Gasteiger partial charge in [0.15, 0.2) is 0 Å². The molecule has 1 saturated heterocycles. The number of piperidine rings is 1. The third-order valence-electron chi connectivity index (χ3n) is 6.66. The smallest absolute Gasteiger partial charge is 0.337 e. The van der Waals surface area contributed by atoms with Crippen LogP contribution in [0.15, 0.2) is 48.5 Å². The van der Waals surface area contributed by atoms with E-state index in [9.17, 15) is 24.6 Å². The second-order valence-corrected chi connectivity index (χ2v) is 9.96. The molecule has 8 nitrogen and oxygen atoms in total. The summed E-state index contributed by atoms with van der Waals surface area (Å²) in [6.45, 7) is 5.61. The van der Waals surface area contributed by atoms with Gasteiger partial charge in [-0.15, -0.1) is 0 Å². The average molecular weight is 503 g/mol. The Hall–Kier alpha value is -2.94. The quantitative estimate of drug-likeness (QED) is 0.523. The lowest BCUT2D eigenvalue weighted by Crippen LogP contribution is -2.61. The average Bonchev–Trinajstić information content (AvgIpc) is 2.83. The molecule has 3 N–H and O–H groups in total. The van der Waals surface area contributed by atoms with Crippen molar-refractivity contribution in [2.24, 2.45) is 5.41 Å². The zero-order valence-electron chi connectivity index (χ0n) is 20.2. The number of aliphatic hydroxyl groups excluding tert-OH is 1. The van der Waals surface area contributed by atoms with E-state index in [1.807, 2.05) is 13.8 Å². The highest BCUT2D eigenvalue weighted by Gasteiger charge is 2.50. The van der Waals surface area contributed by atoms with Crippen LogP contribution in [0.4, 0.5) is 0 Å². The Morgan fingerprint density at radius 1 is 1.11 bits per heavy atom. The summed E-state index contributed by atoms with van der Waals surface area (Å²) >= 11 is 6.00. The van der Waals surface area contributed by atoms with E-state index in [0.717, 1.165) is 0 Å². The lowest BCUT2D eigenvalue weighted by molar-refractivity contribution is -0.156. The van der Waals surface area contributed by atoms with Crippen molar-refractivity contribution in [1.82, 2.24) is 10.2 Å². The zero-order valence-corrected chi connectivity index (χ0v) is 21.0. The van der Waals surface area contributed by atoms with Crippen LogP contribution in [-0.2, 0) is 15.1 Å². The molecule has 188 valence electrons. The summed E-state index contributed by atoms with van der Waals surface area (Å²) in [6, 6.07) is 11.7. The van der Waals surface area contributed by atoms with E-state index < -0.39 is 40.9 Å². The molecule has 1 aliphatic heterocycles. The molecule has 0 unspecified atom stereocenters. The highest BCUT2D eigenvalue weighted by atomic mass is 35.5. The van der Waals surface area contributed by atoms with Crippen LogP contribution in [0.2, 0.25) is 5.02 Å². The highest BCUT2D eigenvalue weighted by molar-refractivity contribution is 6.30. The van der Waals surface area contributed by atoms with Crippen LogP contribution in [-0.4, -0.2) is 65.2 Å². The Balaban J connectivity index is 1.77. The van der Waals surface area contributed by atoms with Gasteiger partial charge in [-0.25, -0.2) is 4.79 Å². The number of nitrogens with zero attached hydrogens (tertiary/aromatic N) is 1. The summed E-state index contributed by atoms with van der Waals surface area (Å²) < 4.78 is 4.68. The minimum absolute atomic E-state index is 0.155. The minimum Gasteiger partial charge on any atom is -0.465 e. The molecule has 2 aromatic carbocycles. The largest absolute Gasteiger partial charge is 0.465 e. The van der Waals surface area contributed by atoms with Gasteiger partial charge in [0.2, 0.25) is 5.91 Å². The molecule has 2 aromatic rings. The van der Waals surface area contributed by atoms with Gasteiger partial charge in [-0.2, -0.15) is 0 Å². The van der Waals surface area contributed by atoms with E-state index in [4.69, 9.17) is 11.6 Å². The minimum atomic E-state index is -1.21. The van der Waals surface area contributed by atoms with E-state index >= 15 is 0 Å². The number of likely N-dealkylation sites (tertiary alicyclic amines) is 1. The van der Waals surface area contributed by atoms with Gasteiger partial charge in [0, 0.05) is 29.1 Å². The molecule has 9 heteroatoms. The Morgan fingerprint density at radius 3 is 2.31 bits per heavy atom. The molecule has 0 saturated carbocycles. The fourth-order valence-corrected chi connectivity index (χ4v) is 4.61. The van der Waals surface area contributed by atoms with Gasteiger partial charge in [0.1, 0.15) is 6.04 Å². The number of ether oxygens (including phenoxy) is 1. The van der Waals surface area contributed by atoms with Crippen LogP contribution in [0.5, 0.6) is 0 Å². The number of methoxy groups -OCH3 is 1. The molecule has 1 aliphatic rings. The van der Waals surface area contributed by atoms with Crippen molar-refractivity contribution in [2.75, 3.05) is 20.2 Å². The number of esters is 1. The summed E-state index contributed by atoms with van der Waals surface area (Å²) in [6.07, 6.45) is -0.898. The second-order valence-electron chi connectivity index (χ2n) is 9.52. The van der Waals surface area contributed by atoms with Crippen LogP contribution in [0, 0.1) is 5.41 Å². The SMILES string of the molecule is COC(=O)c1cccc(C(=O)N[C@@H](C(=O)N2CC[C@](O)(c3ccc(Cl)cc3)C(C)(C)C2)[C@@H](C)O)c1. The molecule has 3 atom stereocenters. The van der Waals surface area contributed by atoms with E-state index in [1.54, 1.807) is 29.2 Å². The van der Waals surface area contributed by atoms with Gasteiger partial charge in [-0.05, 0) is 49.2 Å². The predicted octanol–water partition coefficient (Wildman–Crippen LogP) is 2.75. The van der Waals surface area contributed by atoms with E-state index in [2.05, 4.69) is 10.1 Å². The van der Waals surface area contributed by atoms with Crippen molar-refractivity contribution >= 4 is 29.4 Å². The van der Waals surface area contributed by atoms with Crippen LogP contribution >= 0.6 is 11.6 Å². The predicted molar refractivity (Wildman–Crippen MR) is 131 cm³/mol. The number of halogens is 1. The van der Waals surface area contributed by atoms with E-state index in [1.165, 1.54) is 38.3 Å². The first-order valence-corrected chi connectivity index (χ1v) is 11.7. The molecule has 0 aromatic heterocycles. The molecule has 1 heterocycles. The molecule has 0 bridgehead atoms. The first-order valence-electron chi connectivity index (χ1n) is 11.3. The summed E-state index contributed by atoms with van der Waals surface area (Å²) in [5, 5.41) is 25.0. The van der Waals surface area contributed by atoms with Crippen molar-refractivity contribution in [3.63, 3.8) is 0 Å². The van der Waals surface area contributed by atoms with Crippen LogP contribution in [0.3, 0.4) is 0 Å². The van der Waals surface area contributed by atoms with Gasteiger partial charge in [0.05, 0.1) is 24.4 Å². The summed E-state index contributed by atoms with van der Waals surface area (Å²) in [4.78, 5) is 39.6. The van der Waals surface area contributed by atoms with Gasteiger partial charge < -0.3 is 25.2 Å². The number of rotatable bonds is 6. The Morgan fingerprint density at radius 2 is 1.74 bits per heavy atom. The normalized spacial score (nSPS) is 21.1. The Bertz CT molecular complexity index is 1100. The van der Waals surface area contributed by atoms with Crippen LogP contribution < -0.4 is 5.32 Å². The number of hydrogen-bond acceptors (Lipinski definition) is 6. The fraction of sp³-hybridized carbons (Fsp3) is 0.423. The molecular weight excluding hydrogens is 472 g/mol. The van der Waals surface area contributed by atoms with Crippen LogP contribution in [0.25, 0.3) is 0 Å². The van der Waals surface area contributed by atoms with Gasteiger partial charge in [-0.1, -0.05) is 43.6 Å². The Kier molecular flexibility index (Phi) is 7.89. The first-order chi connectivity index (χ1) is 16.4. The summed E-state index contributed by atoms with van der Waals surface area (Å²) in [5.41, 5.74) is -0.852. The lowest BCUT2D eigenvalue weighted by atomic mass is 9.66. The summed E-state index contributed by atoms with van der Waals surface area (Å²) in [5.74, 6) is -1.65. The highest BCUT2D eigenvalue weighted by Crippen LogP contribution is 2.46. The van der Waals surface area contributed by atoms with E-state index in [-0.39, 0.29) is 30.6 Å². The molecule has 0 radical (unpaired) electrons. The van der Waals surface area contributed by atoms with Gasteiger partial charge >= 0.3 is 5.97 Å². The molecule has 2 amide bonds. The summed E-state index contributed by atoms with van der Waals surface area (Å²) in [7, 11) is 1.24. The number of hydrogen-bond donors (Lipinski definition) is 3. The molecule has 0 aliphatic carbocycles. The maximum absolute atomic E-state index is 13.4. The molecule has 3 rings (SSSR count). The van der Waals surface area contributed by atoms with Crippen molar-refractivity contribution < 1.29 is 29.3 Å². The molecule has 1 fully saturated rings. The van der Waals surface area contributed by atoms with Crippen molar-refractivity contribution in [1.29, 1.82) is 0 Å². The second kappa shape index (κ2) is 10.4. The van der Waals surface area contributed by atoms with E-state index in [0.29, 0.717) is 10.6 Å². The molecule has 35 heavy (non-hydrogen) atoms. The third kappa shape index (κ3) is 5.50. The third-order valence-corrected chi connectivity index (χ3v) is 6.92. The fourth-order valence-electron chi connectivity index (χ4n) is 4.49. The number of aliphatic hydroxyl groups is 2. The standard InChI is InChI=1S/C26H31ClN2O6/c1-16(30)21(28-22(31)17-6-5-7-18(14-17)24(33)35-4)23(32)29-13-12-26(34,25(2,3)15-29)19-8-10-20(27)11-9-19/h5-11,14,16,21,30,34H,12-13,15H2,1-4H3,(H,28,31)/t16-,21-,26+/m1/s1. The number of nitrogens with one attached hydrogen (secondary N) is 1. The zero-order chi connectivity index (χ0) is 26.0. The maximum atomic E-state index is 13.4. The van der Waals surface area contributed by atoms with Crippen molar-refractivity contribution in [2.45, 2.75) is 44.9 Å². The number of carbonyl (C=O) groups excluding carboxylic acids is 3. The topological polar surface area (TPSA) is 116 Å². The molecular formula is C26H31ClN2O6. The lowest BCUT2D eigenvalue weighted by Gasteiger charge is -2.51. The number of benzene rings is 2. The van der Waals surface area contributed by atoms with Gasteiger partial charge in [0.25, 0.3) is 5.91 Å². The molecule has 0 spiro atoms. The number of amides is 2. The van der Waals surface area contributed by atoms with Crippen LogP contribution in [0.1, 0.15) is 53.5 Å². The first kappa shape index (κ1) is 26.7. The number of carbonyl (C=O) groups is 3. The Labute approximate surface area is 209 Å². The van der Waals surface area contributed by atoms with Crippen molar-refractivity contribution in [3.8, 4) is 0 Å². The van der Waals surface area contributed by atoms with Crippen molar-refractivity contribution in [3.05, 3.63) is 70.2 Å². The maximum Gasteiger partial charge on any atom is 0.337 e. The van der Waals surface area contributed by atoms with Gasteiger partial charge in [-0.3, -0.25) is 9.59 Å². The monoisotopic (exact) mass is 502 g/mol.